The number of hydrogen-bond acceptors (Lipinski definition) is 3. The first-order chi connectivity index (χ1) is 10.8. The van der Waals surface area contributed by atoms with E-state index in [0.717, 1.165) is 23.9 Å². The molecule has 3 heterocycles. The molecule has 1 amide bonds. The number of nitrogens with one attached hydrogen (secondary N) is 2. The Labute approximate surface area is 130 Å². The number of piperidine rings is 1. The molecule has 5 heteroatoms. The van der Waals surface area contributed by atoms with Crippen LogP contribution in [-0.2, 0) is 11.3 Å². The van der Waals surface area contributed by atoms with Crippen molar-refractivity contribution in [3.8, 4) is 0 Å². The number of hydrogen-bond donors (Lipinski definition) is 2. The van der Waals surface area contributed by atoms with Crippen molar-refractivity contribution in [1.82, 2.24) is 20.2 Å². The van der Waals surface area contributed by atoms with Crippen LogP contribution in [0.3, 0.4) is 0 Å². The molecule has 2 aliphatic rings. The maximum atomic E-state index is 12.2. The molecule has 2 N–H and O–H groups in total. The van der Waals surface area contributed by atoms with Crippen molar-refractivity contribution in [1.29, 1.82) is 0 Å². The van der Waals surface area contributed by atoms with Crippen LogP contribution in [0, 0.1) is 0 Å². The SMILES string of the molecule is O=C(CCn1cnc2ccccc21)NC1CC2CCC(C1)N2. The Kier molecular flexibility index (Phi) is 3.58. The van der Waals surface area contributed by atoms with Gasteiger partial charge in [0, 0.05) is 31.1 Å². The van der Waals surface area contributed by atoms with E-state index in [1.54, 1.807) is 0 Å². The van der Waals surface area contributed by atoms with Crippen molar-refractivity contribution in [3.63, 3.8) is 0 Å². The number of nitrogens with zero attached hydrogens (tertiary/aromatic N) is 2. The monoisotopic (exact) mass is 298 g/mol. The third-order valence-electron chi connectivity index (χ3n) is 4.95. The second-order valence-corrected chi connectivity index (χ2v) is 6.55. The predicted octanol–water partition coefficient (Wildman–Crippen LogP) is 1.83. The van der Waals surface area contributed by atoms with E-state index in [9.17, 15) is 4.79 Å². The molecule has 2 atom stereocenters. The number of imidazole rings is 1. The average molecular weight is 298 g/mol. The van der Waals surface area contributed by atoms with Gasteiger partial charge in [0.2, 0.25) is 5.91 Å². The number of rotatable bonds is 4. The van der Waals surface area contributed by atoms with Gasteiger partial charge >= 0.3 is 0 Å². The lowest BCUT2D eigenvalue weighted by molar-refractivity contribution is -0.122. The van der Waals surface area contributed by atoms with Crippen molar-refractivity contribution in [2.75, 3.05) is 0 Å². The number of carbonyl (C=O) groups excluding carboxylic acids is 1. The molecule has 0 radical (unpaired) electrons. The van der Waals surface area contributed by atoms with Crippen LogP contribution in [0.1, 0.15) is 32.1 Å². The lowest BCUT2D eigenvalue weighted by Gasteiger charge is -2.29. The molecule has 1 aromatic carbocycles. The molecule has 2 unspecified atom stereocenters. The first-order valence-electron chi connectivity index (χ1n) is 8.23. The summed E-state index contributed by atoms with van der Waals surface area (Å²) in [7, 11) is 0. The Morgan fingerprint density at radius 1 is 1.27 bits per heavy atom. The van der Waals surface area contributed by atoms with Gasteiger partial charge in [0.25, 0.3) is 0 Å². The second kappa shape index (κ2) is 5.72. The molecule has 2 saturated heterocycles. The van der Waals surface area contributed by atoms with Crippen molar-refractivity contribution >= 4 is 16.9 Å². The summed E-state index contributed by atoms with van der Waals surface area (Å²) in [5, 5.41) is 6.82. The van der Waals surface area contributed by atoms with Gasteiger partial charge in [-0.25, -0.2) is 4.98 Å². The molecule has 22 heavy (non-hydrogen) atoms. The number of amides is 1. The molecule has 116 valence electrons. The Hall–Kier alpha value is -1.88. The van der Waals surface area contributed by atoms with Crippen molar-refractivity contribution in [2.45, 2.75) is 56.8 Å². The Balaban J connectivity index is 1.33. The maximum absolute atomic E-state index is 12.2. The maximum Gasteiger partial charge on any atom is 0.222 e. The molecule has 2 aliphatic heterocycles. The molecular weight excluding hydrogens is 276 g/mol. The number of carbonyl (C=O) groups is 1. The fourth-order valence-corrected chi connectivity index (χ4v) is 3.89. The van der Waals surface area contributed by atoms with Crippen LogP contribution in [-0.4, -0.2) is 33.6 Å². The van der Waals surface area contributed by atoms with Gasteiger partial charge in [-0.1, -0.05) is 12.1 Å². The highest BCUT2D eigenvalue weighted by Gasteiger charge is 2.33. The summed E-state index contributed by atoms with van der Waals surface area (Å²) in [6.07, 6.45) is 7.02. The van der Waals surface area contributed by atoms with E-state index in [0.29, 0.717) is 31.1 Å². The predicted molar refractivity (Wildman–Crippen MR) is 85.5 cm³/mol. The van der Waals surface area contributed by atoms with Crippen LogP contribution < -0.4 is 10.6 Å². The summed E-state index contributed by atoms with van der Waals surface area (Å²) >= 11 is 0. The minimum Gasteiger partial charge on any atom is -0.353 e. The van der Waals surface area contributed by atoms with E-state index in [-0.39, 0.29) is 5.91 Å². The molecule has 5 nitrogen and oxygen atoms in total. The molecule has 0 aliphatic carbocycles. The number of fused-ring (bicyclic) bond motifs is 3. The quantitative estimate of drug-likeness (QED) is 0.905. The van der Waals surface area contributed by atoms with E-state index < -0.39 is 0 Å². The second-order valence-electron chi connectivity index (χ2n) is 6.55. The topological polar surface area (TPSA) is 59.0 Å². The summed E-state index contributed by atoms with van der Waals surface area (Å²) in [4.78, 5) is 16.6. The zero-order valence-electron chi connectivity index (χ0n) is 12.7. The Bertz CT molecular complexity index is 668. The van der Waals surface area contributed by atoms with Gasteiger partial charge in [-0.3, -0.25) is 4.79 Å². The largest absolute Gasteiger partial charge is 0.353 e. The average Bonchev–Trinajstić information content (AvgIpc) is 3.08. The summed E-state index contributed by atoms with van der Waals surface area (Å²) in [5.41, 5.74) is 2.08. The van der Waals surface area contributed by atoms with Crippen molar-refractivity contribution < 1.29 is 4.79 Å². The molecule has 1 aromatic heterocycles. The summed E-state index contributed by atoms with van der Waals surface area (Å²) in [5.74, 6) is 0.157. The summed E-state index contributed by atoms with van der Waals surface area (Å²) < 4.78 is 2.06. The van der Waals surface area contributed by atoms with Crippen LogP contribution in [0.2, 0.25) is 0 Å². The fourth-order valence-electron chi connectivity index (χ4n) is 3.89. The zero-order valence-corrected chi connectivity index (χ0v) is 12.7. The number of para-hydroxylation sites is 2. The molecule has 4 rings (SSSR count). The molecule has 2 fully saturated rings. The minimum atomic E-state index is 0.157. The van der Waals surface area contributed by atoms with Crippen molar-refractivity contribution in [3.05, 3.63) is 30.6 Å². The molecule has 2 aromatic rings. The first kappa shape index (κ1) is 13.8. The highest BCUT2D eigenvalue weighted by Crippen LogP contribution is 2.26. The van der Waals surface area contributed by atoms with E-state index >= 15 is 0 Å². The molecular formula is C17H22N4O. The van der Waals surface area contributed by atoms with Crippen LogP contribution in [0.15, 0.2) is 30.6 Å². The summed E-state index contributed by atoms with van der Waals surface area (Å²) in [6.45, 7) is 0.685. The van der Waals surface area contributed by atoms with Gasteiger partial charge in [0.05, 0.1) is 17.4 Å². The van der Waals surface area contributed by atoms with Crippen LogP contribution in [0.4, 0.5) is 0 Å². The van der Waals surface area contributed by atoms with Gasteiger partial charge in [-0.05, 0) is 37.8 Å². The Morgan fingerprint density at radius 3 is 2.86 bits per heavy atom. The molecule has 2 bridgehead atoms. The van der Waals surface area contributed by atoms with Crippen LogP contribution in [0.5, 0.6) is 0 Å². The lowest BCUT2D eigenvalue weighted by atomic mass is 10.00. The van der Waals surface area contributed by atoms with Crippen LogP contribution >= 0.6 is 0 Å². The number of aryl methyl sites for hydroxylation is 1. The minimum absolute atomic E-state index is 0.157. The van der Waals surface area contributed by atoms with Gasteiger partial charge in [0.1, 0.15) is 0 Å². The third kappa shape index (κ3) is 2.73. The molecule has 0 saturated carbocycles. The van der Waals surface area contributed by atoms with Gasteiger partial charge in [-0.15, -0.1) is 0 Å². The van der Waals surface area contributed by atoms with E-state index in [1.165, 1.54) is 12.8 Å². The van der Waals surface area contributed by atoms with Gasteiger partial charge in [-0.2, -0.15) is 0 Å². The van der Waals surface area contributed by atoms with Crippen LogP contribution in [0.25, 0.3) is 11.0 Å². The Morgan fingerprint density at radius 2 is 2.05 bits per heavy atom. The summed E-state index contributed by atoms with van der Waals surface area (Å²) in [6, 6.07) is 9.61. The molecule has 0 spiro atoms. The smallest absolute Gasteiger partial charge is 0.222 e. The lowest BCUT2D eigenvalue weighted by Crippen LogP contribution is -2.48. The standard InChI is InChI=1S/C17H22N4O/c22-17(20-14-9-12-5-6-13(10-14)19-12)7-8-21-11-18-15-3-1-2-4-16(15)21/h1-4,11-14,19H,5-10H2,(H,20,22). The number of benzene rings is 1. The van der Waals surface area contributed by atoms with Crippen molar-refractivity contribution in [2.24, 2.45) is 0 Å². The van der Waals surface area contributed by atoms with Gasteiger partial charge in [0.15, 0.2) is 0 Å². The fraction of sp³-hybridized carbons (Fsp3) is 0.529. The van der Waals surface area contributed by atoms with E-state index in [4.69, 9.17) is 0 Å². The van der Waals surface area contributed by atoms with E-state index in [1.807, 2.05) is 30.6 Å². The first-order valence-corrected chi connectivity index (χ1v) is 8.23. The normalized spacial score (nSPS) is 27.2. The zero-order chi connectivity index (χ0) is 14.9. The highest BCUT2D eigenvalue weighted by molar-refractivity contribution is 5.77. The van der Waals surface area contributed by atoms with Gasteiger partial charge < -0.3 is 15.2 Å². The highest BCUT2D eigenvalue weighted by atomic mass is 16.1. The number of aromatic nitrogens is 2. The third-order valence-corrected chi connectivity index (χ3v) is 4.95. The van der Waals surface area contributed by atoms with E-state index in [2.05, 4.69) is 20.2 Å².